The summed E-state index contributed by atoms with van der Waals surface area (Å²) in [5, 5.41) is 3.31. The maximum absolute atomic E-state index is 5.44. The Labute approximate surface area is 97.0 Å². The third-order valence-corrected chi connectivity index (χ3v) is 2.16. The highest BCUT2D eigenvalue weighted by atomic mass is 16.5. The molecule has 0 aliphatic heterocycles. The average Bonchev–Trinajstić information content (AvgIpc) is 2.33. The number of nitrogens with two attached hydrogens (primary N) is 1. The van der Waals surface area contributed by atoms with Gasteiger partial charge in [0.05, 0.1) is 0 Å². The number of terminal acetylenes is 1. The zero-order valence-electron chi connectivity index (χ0n) is 9.41. The quantitative estimate of drug-likeness (QED) is 0.533. The summed E-state index contributed by atoms with van der Waals surface area (Å²) in [6.07, 6.45) is 6.14. The van der Waals surface area contributed by atoms with Crippen LogP contribution in [0.3, 0.4) is 0 Å². The molecular weight excluding hydrogens is 200 g/mol. The van der Waals surface area contributed by atoms with Gasteiger partial charge in [-0.1, -0.05) is 24.1 Å². The second-order valence-corrected chi connectivity index (χ2v) is 3.42. The van der Waals surface area contributed by atoms with Crippen molar-refractivity contribution < 1.29 is 4.74 Å². The summed E-state index contributed by atoms with van der Waals surface area (Å²) >= 11 is 0. The third kappa shape index (κ3) is 4.35. The number of para-hydroxylation sites is 1. The monoisotopic (exact) mass is 218 g/mol. The van der Waals surface area contributed by atoms with Gasteiger partial charge in [-0.2, -0.15) is 0 Å². The van der Waals surface area contributed by atoms with Gasteiger partial charge in [-0.15, -0.1) is 6.42 Å². The molecule has 0 aliphatic rings. The number of ether oxygens (including phenoxy) is 1. The molecule has 0 saturated heterocycles. The molecule has 0 amide bonds. The van der Waals surface area contributed by atoms with Gasteiger partial charge in [-0.3, -0.25) is 0 Å². The zero-order valence-corrected chi connectivity index (χ0v) is 9.41. The van der Waals surface area contributed by atoms with Gasteiger partial charge < -0.3 is 15.8 Å². The topological polar surface area (TPSA) is 47.3 Å². The summed E-state index contributed by atoms with van der Waals surface area (Å²) in [6, 6.07) is 7.89. The number of rotatable bonds is 7. The first-order valence-electron chi connectivity index (χ1n) is 5.43. The van der Waals surface area contributed by atoms with Crippen molar-refractivity contribution >= 4 is 0 Å². The van der Waals surface area contributed by atoms with Gasteiger partial charge in [0, 0.05) is 12.1 Å². The zero-order chi connectivity index (χ0) is 11.6. The predicted octanol–water partition coefficient (Wildman–Crippen LogP) is 1.14. The molecule has 0 heterocycles. The van der Waals surface area contributed by atoms with Crippen LogP contribution in [-0.2, 0) is 6.54 Å². The molecule has 0 aromatic heterocycles. The van der Waals surface area contributed by atoms with Crippen molar-refractivity contribution in [3.8, 4) is 18.1 Å². The lowest BCUT2D eigenvalue weighted by atomic mass is 10.2. The maximum Gasteiger partial charge on any atom is 0.148 e. The van der Waals surface area contributed by atoms with Gasteiger partial charge in [-0.05, 0) is 25.6 Å². The van der Waals surface area contributed by atoms with E-state index in [-0.39, 0.29) is 0 Å². The molecule has 0 bridgehead atoms. The Kier molecular flexibility index (Phi) is 6.09. The average molecular weight is 218 g/mol. The van der Waals surface area contributed by atoms with Gasteiger partial charge >= 0.3 is 0 Å². The van der Waals surface area contributed by atoms with E-state index in [2.05, 4.69) is 11.2 Å². The Morgan fingerprint density at radius 3 is 2.94 bits per heavy atom. The summed E-state index contributed by atoms with van der Waals surface area (Å²) in [4.78, 5) is 0. The molecule has 3 heteroatoms. The minimum Gasteiger partial charge on any atom is -0.481 e. The van der Waals surface area contributed by atoms with E-state index >= 15 is 0 Å². The Morgan fingerprint density at radius 1 is 1.38 bits per heavy atom. The fourth-order valence-electron chi connectivity index (χ4n) is 1.36. The SMILES string of the molecule is C#CCOc1ccccc1CNCCCN. The van der Waals surface area contributed by atoms with Crippen LogP contribution in [0.15, 0.2) is 24.3 Å². The first kappa shape index (κ1) is 12.6. The Hall–Kier alpha value is -1.50. The fourth-order valence-corrected chi connectivity index (χ4v) is 1.36. The number of benzene rings is 1. The number of hydrogen-bond donors (Lipinski definition) is 2. The van der Waals surface area contributed by atoms with Crippen molar-refractivity contribution in [2.45, 2.75) is 13.0 Å². The van der Waals surface area contributed by atoms with E-state index in [1.807, 2.05) is 24.3 Å². The molecule has 1 rings (SSSR count). The molecule has 1 aromatic carbocycles. The molecule has 86 valence electrons. The number of hydrogen-bond acceptors (Lipinski definition) is 3. The third-order valence-electron chi connectivity index (χ3n) is 2.16. The molecule has 0 saturated carbocycles. The Morgan fingerprint density at radius 2 is 2.19 bits per heavy atom. The van der Waals surface area contributed by atoms with Crippen molar-refractivity contribution in [3.05, 3.63) is 29.8 Å². The van der Waals surface area contributed by atoms with Crippen LogP contribution in [0.4, 0.5) is 0 Å². The van der Waals surface area contributed by atoms with Crippen LogP contribution < -0.4 is 15.8 Å². The molecule has 1 aromatic rings. The van der Waals surface area contributed by atoms with E-state index < -0.39 is 0 Å². The van der Waals surface area contributed by atoms with Crippen LogP contribution in [0, 0.1) is 12.3 Å². The van der Waals surface area contributed by atoms with E-state index in [9.17, 15) is 0 Å². The van der Waals surface area contributed by atoms with Gasteiger partial charge in [0.2, 0.25) is 0 Å². The summed E-state index contributed by atoms with van der Waals surface area (Å²) < 4.78 is 5.44. The van der Waals surface area contributed by atoms with Crippen LogP contribution in [0.5, 0.6) is 5.75 Å². The highest BCUT2D eigenvalue weighted by Crippen LogP contribution is 2.17. The highest BCUT2D eigenvalue weighted by Gasteiger charge is 2.01. The lowest BCUT2D eigenvalue weighted by Crippen LogP contribution is -2.18. The smallest absolute Gasteiger partial charge is 0.148 e. The van der Waals surface area contributed by atoms with Crippen LogP contribution in [0.2, 0.25) is 0 Å². The molecule has 0 radical (unpaired) electrons. The molecule has 0 spiro atoms. The molecule has 3 nitrogen and oxygen atoms in total. The summed E-state index contributed by atoms with van der Waals surface area (Å²) in [5.41, 5.74) is 6.54. The van der Waals surface area contributed by atoms with E-state index in [1.54, 1.807) is 0 Å². The van der Waals surface area contributed by atoms with Crippen molar-refractivity contribution in [3.63, 3.8) is 0 Å². The summed E-state index contributed by atoms with van der Waals surface area (Å²) in [6.45, 7) is 2.71. The van der Waals surface area contributed by atoms with Crippen molar-refractivity contribution in [1.82, 2.24) is 5.32 Å². The van der Waals surface area contributed by atoms with E-state index in [0.29, 0.717) is 13.2 Å². The lowest BCUT2D eigenvalue weighted by molar-refractivity contribution is 0.365. The van der Waals surface area contributed by atoms with Gasteiger partial charge in [0.15, 0.2) is 0 Å². The second kappa shape index (κ2) is 7.75. The van der Waals surface area contributed by atoms with Gasteiger partial charge in [-0.25, -0.2) is 0 Å². The lowest BCUT2D eigenvalue weighted by Gasteiger charge is -2.10. The van der Waals surface area contributed by atoms with Crippen molar-refractivity contribution in [2.75, 3.05) is 19.7 Å². The van der Waals surface area contributed by atoms with E-state index in [1.165, 1.54) is 0 Å². The van der Waals surface area contributed by atoms with Crippen LogP contribution in [-0.4, -0.2) is 19.7 Å². The van der Waals surface area contributed by atoms with Gasteiger partial charge in [0.25, 0.3) is 0 Å². The molecule has 0 aliphatic carbocycles. The molecule has 0 fully saturated rings. The minimum atomic E-state index is 0.305. The molecule has 0 unspecified atom stereocenters. The summed E-state index contributed by atoms with van der Waals surface area (Å²) in [5.74, 6) is 3.31. The van der Waals surface area contributed by atoms with Crippen LogP contribution >= 0.6 is 0 Å². The molecule has 3 N–H and O–H groups in total. The van der Waals surface area contributed by atoms with Gasteiger partial charge in [0.1, 0.15) is 12.4 Å². The fraction of sp³-hybridized carbons (Fsp3) is 0.385. The predicted molar refractivity (Wildman–Crippen MR) is 66.1 cm³/mol. The first-order valence-corrected chi connectivity index (χ1v) is 5.43. The molecule has 0 atom stereocenters. The Bertz CT molecular complexity index is 344. The van der Waals surface area contributed by atoms with Crippen LogP contribution in [0.25, 0.3) is 0 Å². The first-order chi connectivity index (χ1) is 7.88. The number of nitrogens with one attached hydrogen (secondary N) is 1. The normalized spacial score (nSPS) is 9.75. The Balaban J connectivity index is 2.47. The van der Waals surface area contributed by atoms with Crippen LogP contribution in [0.1, 0.15) is 12.0 Å². The molecular formula is C13H18N2O. The standard InChI is InChI=1S/C13H18N2O/c1-2-10-16-13-7-4-3-6-12(13)11-15-9-5-8-14/h1,3-4,6-7,15H,5,8-11,14H2. The summed E-state index contributed by atoms with van der Waals surface area (Å²) in [7, 11) is 0. The van der Waals surface area contributed by atoms with E-state index in [4.69, 9.17) is 16.9 Å². The maximum atomic E-state index is 5.44. The van der Waals surface area contributed by atoms with Crippen molar-refractivity contribution in [2.24, 2.45) is 5.73 Å². The second-order valence-electron chi connectivity index (χ2n) is 3.42. The van der Waals surface area contributed by atoms with Crippen molar-refractivity contribution in [1.29, 1.82) is 0 Å². The largest absolute Gasteiger partial charge is 0.481 e. The van der Waals surface area contributed by atoms with E-state index in [0.717, 1.165) is 30.8 Å². The minimum absolute atomic E-state index is 0.305. The highest BCUT2D eigenvalue weighted by molar-refractivity contribution is 5.33. The molecule has 16 heavy (non-hydrogen) atoms.